The molecular weight excluding hydrogens is 314 g/mol. The Hall–Kier alpha value is -2.27. The van der Waals surface area contributed by atoms with Gasteiger partial charge in [-0.2, -0.15) is 4.98 Å². The lowest BCUT2D eigenvalue weighted by atomic mass is 10.2. The molecule has 0 saturated carbocycles. The van der Waals surface area contributed by atoms with Crippen LogP contribution in [0.5, 0.6) is 0 Å². The summed E-state index contributed by atoms with van der Waals surface area (Å²) in [6, 6.07) is -0.761. The predicted molar refractivity (Wildman–Crippen MR) is 76.9 cm³/mol. The number of rotatable bonds is 5. The summed E-state index contributed by atoms with van der Waals surface area (Å²) < 4.78 is 28.3. The lowest BCUT2D eigenvalue weighted by molar-refractivity contribution is 0.352. The molecular formula is C11H15N5O5S. The van der Waals surface area contributed by atoms with Gasteiger partial charge in [0.25, 0.3) is 5.56 Å². The Bertz CT molecular complexity index is 894. The third-order valence-corrected chi connectivity index (χ3v) is 3.88. The number of hydrogen-bond donors (Lipinski definition) is 2. The van der Waals surface area contributed by atoms with Gasteiger partial charge in [-0.3, -0.25) is 9.78 Å². The molecule has 1 atom stereocenters. The van der Waals surface area contributed by atoms with Crippen LogP contribution in [0.2, 0.25) is 0 Å². The first-order valence-corrected chi connectivity index (χ1v) is 8.30. The van der Waals surface area contributed by atoms with Gasteiger partial charge in [-0.25, -0.2) is 13.2 Å². The average Bonchev–Trinajstić information content (AvgIpc) is 2.89. The topological polar surface area (TPSA) is 154 Å². The maximum atomic E-state index is 11.7. The van der Waals surface area contributed by atoms with Crippen LogP contribution in [0.1, 0.15) is 18.4 Å². The number of nitrogens with one attached hydrogen (secondary N) is 1. The maximum absolute atomic E-state index is 11.7. The molecule has 0 saturated heterocycles. The molecule has 10 nitrogen and oxygen atoms in total. The third kappa shape index (κ3) is 3.68. The second kappa shape index (κ2) is 5.85. The normalized spacial score (nSPS) is 13.2. The SMILES string of the molecule is Cn1cc(-c2noc(C(N)CCS(C)(=O)=O)n2)c(=O)[nH]c1=O. The van der Waals surface area contributed by atoms with Gasteiger partial charge in [0.1, 0.15) is 15.4 Å². The molecule has 0 aliphatic rings. The van der Waals surface area contributed by atoms with Crippen LogP contribution in [-0.2, 0) is 16.9 Å². The van der Waals surface area contributed by atoms with E-state index < -0.39 is 27.1 Å². The zero-order valence-corrected chi connectivity index (χ0v) is 12.8. The zero-order chi connectivity index (χ0) is 16.5. The van der Waals surface area contributed by atoms with E-state index in [4.69, 9.17) is 10.3 Å². The minimum Gasteiger partial charge on any atom is -0.337 e. The number of H-pyrrole nitrogens is 1. The summed E-state index contributed by atoms with van der Waals surface area (Å²) in [6.45, 7) is 0. The van der Waals surface area contributed by atoms with E-state index in [-0.39, 0.29) is 29.5 Å². The van der Waals surface area contributed by atoms with Crippen molar-refractivity contribution >= 4 is 9.84 Å². The van der Waals surface area contributed by atoms with Crippen molar-refractivity contribution in [2.24, 2.45) is 12.8 Å². The number of sulfone groups is 1. The van der Waals surface area contributed by atoms with E-state index in [1.165, 1.54) is 13.2 Å². The standard InChI is InChI=1S/C11H15N5O5S/c1-16-5-6(9(17)14-11(16)18)8-13-10(21-15-8)7(12)3-4-22(2,19)20/h5,7H,3-4,12H2,1-2H3,(H,14,17,18). The van der Waals surface area contributed by atoms with E-state index in [1.54, 1.807) is 0 Å². The molecule has 11 heteroatoms. The number of nitrogens with two attached hydrogens (primary N) is 1. The van der Waals surface area contributed by atoms with Crippen LogP contribution in [0, 0.1) is 0 Å². The molecule has 22 heavy (non-hydrogen) atoms. The van der Waals surface area contributed by atoms with Crippen molar-refractivity contribution < 1.29 is 12.9 Å². The lowest BCUT2D eigenvalue weighted by Gasteiger charge is -2.04. The van der Waals surface area contributed by atoms with Crippen molar-refractivity contribution in [2.75, 3.05) is 12.0 Å². The number of hydrogen-bond acceptors (Lipinski definition) is 8. The molecule has 2 aromatic rings. The molecule has 0 amide bonds. The van der Waals surface area contributed by atoms with Crippen molar-refractivity contribution in [1.29, 1.82) is 0 Å². The van der Waals surface area contributed by atoms with Crippen LogP contribution < -0.4 is 17.0 Å². The highest BCUT2D eigenvalue weighted by atomic mass is 32.2. The van der Waals surface area contributed by atoms with E-state index in [0.29, 0.717) is 0 Å². The van der Waals surface area contributed by atoms with E-state index in [2.05, 4.69) is 15.1 Å². The summed E-state index contributed by atoms with van der Waals surface area (Å²) in [4.78, 5) is 29.1. The summed E-state index contributed by atoms with van der Waals surface area (Å²) in [6.07, 6.45) is 2.49. The molecule has 0 spiro atoms. The highest BCUT2D eigenvalue weighted by Crippen LogP contribution is 2.16. The summed E-state index contributed by atoms with van der Waals surface area (Å²) in [5, 5.41) is 3.63. The minimum atomic E-state index is -3.15. The summed E-state index contributed by atoms with van der Waals surface area (Å²) >= 11 is 0. The Labute approximate surface area is 124 Å². The van der Waals surface area contributed by atoms with Crippen LogP contribution in [0.4, 0.5) is 0 Å². The molecule has 0 aliphatic carbocycles. The second-order valence-electron chi connectivity index (χ2n) is 4.89. The number of aromatic nitrogens is 4. The van der Waals surface area contributed by atoms with Gasteiger partial charge in [0, 0.05) is 19.5 Å². The van der Waals surface area contributed by atoms with Gasteiger partial charge in [0.15, 0.2) is 0 Å². The minimum absolute atomic E-state index is 0.0203. The van der Waals surface area contributed by atoms with Crippen molar-refractivity contribution in [3.63, 3.8) is 0 Å². The van der Waals surface area contributed by atoms with Gasteiger partial charge in [-0.15, -0.1) is 0 Å². The quantitative estimate of drug-likeness (QED) is 0.676. The monoisotopic (exact) mass is 329 g/mol. The Morgan fingerprint density at radius 3 is 2.77 bits per heavy atom. The highest BCUT2D eigenvalue weighted by Gasteiger charge is 2.19. The first kappa shape index (κ1) is 16.1. The lowest BCUT2D eigenvalue weighted by Crippen LogP contribution is -2.28. The fourth-order valence-corrected chi connectivity index (χ4v) is 2.36. The Morgan fingerprint density at radius 1 is 1.45 bits per heavy atom. The summed E-state index contributed by atoms with van der Waals surface area (Å²) in [7, 11) is -1.69. The van der Waals surface area contributed by atoms with E-state index in [9.17, 15) is 18.0 Å². The molecule has 0 aliphatic heterocycles. The van der Waals surface area contributed by atoms with Gasteiger partial charge in [-0.05, 0) is 6.42 Å². The van der Waals surface area contributed by atoms with Crippen molar-refractivity contribution in [2.45, 2.75) is 12.5 Å². The molecule has 2 rings (SSSR count). The Morgan fingerprint density at radius 2 is 2.14 bits per heavy atom. The molecule has 2 heterocycles. The summed E-state index contributed by atoms with van der Waals surface area (Å²) in [5.74, 6) is -0.125. The Balaban J connectivity index is 2.27. The smallest absolute Gasteiger partial charge is 0.328 e. The molecule has 1 unspecified atom stereocenters. The molecule has 0 fully saturated rings. The van der Waals surface area contributed by atoms with Crippen LogP contribution in [0.3, 0.4) is 0 Å². The molecule has 0 radical (unpaired) electrons. The first-order chi connectivity index (χ1) is 10.2. The van der Waals surface area contributed by atoms with Gasteiger partial charge < -0.3 is 14.8 Å². The number of aryl methyl sites for hydroxylation is 1. The highest BCUT2D eigenvalue weighted by molar-refractivity contribution is 7.90. The second-order valence-corrected chi connectivity index (χ2v) is 7.15. The number of aromatic amines is 1. The van der Waals surface area contributed by atoms with Crippen LogP contribution in [0.25, 0.3) is 11.4 Å². The molecule has 0 aromatic carbocycles. The van der Waals surface area contributed by atoms with E-state index in [1.807, 2.05) is 0 Å². The van der Waals surface area contributed by atoms with E-state index in [0.717, 1.165) is 10.8 Å². The fourth-order valence-electron chi connectivity index (χ4n) is 1.68. The van der Waals surface area contributed by atoms with Crippen LogP contribution in [0.15, 0.2) is 20.3 Å². The predicted octanol–water partition coefficient (Wildman–Crippen LogP) is -1.44. The van der Waals surface area contributed by atoms with Crippen LogP contribution in [-0.4, -0.2) is 40.1 Å². The Kier molecular flexibility index (Phi) is 4.28. The van der Waals surface area contributed by atoms with Gasteiger partial charge >= 0.3 is 5.69 Å². The zero-order valence-electron chi connectivity index (χ0n) is 11.9. The molecule has 0 bridgehead atoms. The molecule has 120 valence electrons. The van der Waals surface area contributed by atoms with Gasteiger partial charge in [-0.1, -0.05) is 5.16 Å². The fraction of sp³-hybridized carbons (Fsp3) is 0.455. The van der Waals surface area contributed by atoms with Crippen molar-refractivity contribution in [1.82, 2.24) is 19.7 Å². The van der Waals surface area contributed by atoms with Gasteiger partial charge in [0.2, 0.25) is 11.7 Å². The van der Waals surface area contributed by atoms with Crippen molar-refractivity contribution in [3.05, 3.63) is 32.9 Å². The molecule has 3 N–H and O–H groups in total. The van der Waals surface area contributed by atoms with Crippen LogP contribution >= 0.6 is 0 Å². The largest absolute Gasteiger partial charge is 0.337 e. The average molecular weight is 329 g/mol. The third-order valence-electron chi connectivity index (χ3n) is 2.91. The first-order valence-electron chi connectivity index (χ1n) is 6.24. The maximum Gasteiger partial charge on any atom is 0.328 e. The molecule has 2 aromatic heterocycles. The van der Waals surface area contributed by atoms with Crippen molar-refractivity contribution in [3.8, 4) is 11.4 Å². The van der Waals surface area contributed by atoms with Gasteiger partial charge in [0.05, 0.1) is 11.8 Å². The summed E-state index contributed by atoms with van der Waals surface area (Å²) in [5.41, 5.74) is 4.61. The number of nitrogens with zero attached hydrogens (tertiary/aromatic N) is 3. The van der Waals surface area contributed by atoms with E-state index >= 15 is 0 Å².